The summed E-state index contributed by atoms with van der Waals surface area (Å²) in [6.45, 7) is 5.73. The molecule has 0 aromatic heterocycles. The van der Waals surface area contributed by atoms with E-state index in [1.807, 2.05) is 12.1 Å². The van der Waals surface area contributed by atoms with Gasteiger partial charge >= 0.3 is 0 Å². The fourth-order valence-corrected chi connectivity index (χ4v) is 1.08. The molecule has 0 unspecified atom stereocenters. The SMILES string of the molecule is CC(=O)Nc1c[c-]c(C(C)C)cc1.[Y]. The van der Waals surface area contributed by atoms with E-state index in [1.54, 1.807) is 6.07 Å². The Labute approximate surface area is 110 Å². The summed E-state index contributed by atoms with van der Waals surface area (Å²) >= 11 is 0. The minimum atomic E-state index is -0.0503. The van der Waals surface area contributed by atoms with Gasteiger partial charge in [-0.05, 0) is 5.92 Å². The Morgan fingerprint density at radius 1 is 1.43 bits per heavy atom. The molecule has 0 atom stereocenters. The van der Waals surface area contributed by atoms with Crippen LogP contribution >= 0.6 is 0 Å². The molecule has 0 saturated heterocycles. The molecule has 1 amide bonds. The minimum Gasteiger partial charge on any atom is -0.380 e. The first-order valence-electron chi connectivity index (χ1n) is 4.39. The Kier molecular flexibility index (Phi) is 6.22. The van der Waals surface area contributed by atoms with E-state index in [0.717, 1.165) is 11.3 Å². The molecule has 0 aliphatic carbocycles. The van der Waals surface area contributed by atoms with Crippen molar-refractivity contribution in [3.63, 3.8) is 0 Å². The second-order valence-electron chi connectivity index (χ2n) is 3.37. The average Bonchev–Trinajstić information content (AvgIpc) is 2.04. The molecule has 1 aromatic rings. The number of nitrogens with one attached hydrogen (secondary N) is 1. The molecule has 2 nitrogen and oxygen atoms in total. The van der Waals surface area contributed by atoms with E-state index in [-0.39, 0.29) is 38.6 Å². The number of benzene rings is 1. The molecule has 0 saturated carbocycles. The summed E-state index contributed by atoms with van der Waals surface area (Å²) in [7, 11) is 0. The van der Waals surface area contributed by atoms with Gasteiger partial charge in [0.15, 0.2) is 0 Å². The van der Waals surface area contributed by atoms with E-state index < -0.39 is 0 Å². The molecule has 0 fully saturated rings. The van der Waals surface area contributed by atoms with Gasteiger partial charge in [-0.25, -0.2) is 0 Å². The van der Waals surface area contributed by atoms with Gasteiger partial charge in [-0.1, -0.05) is 19.5 Å². The van der Waals surface area contributed by atoms with E-state index in [0.29, 0.717) is 5.92 Å². The number of hydrogen-bond donors (Lipinski definition) is 1. The predicted octanol–water partition coefficient (Wildman–Crippen LogP) is 2.57. The van der Waals surface area contributed by atoms with Gasteiger partial charge < -0.3 is 5.32 Å². The molecule has 14 heavy (non-hydrogen) atoms. The van der Waals surface area contributed by atoms with Crippen LogP contribution in [0.2, 0.25) is 0 Å². The Hall–Kier alpha value is -0.206. The maximum atomic E-state index is 10.7. The number of amides is 1. The quantitative estimate of drug-likeness (QED) is 0.818. The second-order valence-corrected chi connectivity index (χ2v) is 3.37. The van der Waals surface area contributed by atoms with Crippen LogP contribution in [0.15, 0.2) is 18.2 Å². The molecule has 73 valence electrons. The number of rotatable bonds is 2. The molecule has 1 rings (SSSR count). The molecule has 0 aliphatic rings. The Morgan fingerprint density at radius 2 is 2.07 bits per heavy atom. The number of carbonyl (C=O) groups excluding carboxylic acids is 1. The molecule has 0 bridgehead atoms. The van der Waals surface area contributed by atoms with Gasteiger partial charge in [0.05, 0.1) is 0 Å². The monoisotopic (exact) mass is 265 g/mol. The van der Waals surface area contributed by atoms with Crippen LogP contribution < -0.4 is 5.32 Å². The van der Waals surface area contributed by atoms with Crippen molar-refractivity contribution in [2.75, 3.05) is 5.32 Å². The third-order valence-electron chi connectivity index (χ3n) is 1.78. The first-order chi connectivity index (χ1) is 6.09. The summed E-state index contributed by atoms with van der Waals surface area (Å²) in [6.07, 6.45) is 0. The normalized spacial score (nSPS) is 9.43. The van der Waals surface area contributed by atoms with Crippen molar-refractivity contribution in [1.82, 2.24) is 0 Å². The zero-order valence-corrected chi connectivity index (χ0v) is 11.6. The summed E-state index contributed by atoms with van der Waals surface area (Å²) < 4.78 is 0. The molecule has 1 radical (unpaired) electrons. The molecule has 1 N–H and O–H groups in total. The summed E-state index contributed by atoms with van der Waals surface area (Å²) in [5.41, 5.74) is 1.96. The topological polar surface area (TPSA) is 29.1 Å². The van der Waals surface area contributed by atoms with E-state index in [4.69, 9.17) is 0 Å². The third kappa shape index (κ3) is 4.34. The summed E-state index contributed by atoms with van der Waals surface area (Å²) in [5, 5.41) is 2.70. The van der Waals surface area contributed by atoms with Crippen molar-refractivity contribution < 1.29 is 37.5 Å². The van der Waals surface area contributed by atoms with Gasteiger partial charge in [-0.3, -0.25) is 4.79 Å². The van der Waals surface area contributed by atoms with Crippen molar-refractivity contribution in [2.45, 2.75) is 26.7 Å². The molecule has 0 spiro atoms. The largest absolute Gasteiger partial charge is 0.380 e. The minimum absolute atomic E-state index is 0. The third-order valence-corrected chi connectivity index (χ3v) is 1.78. The number of hydrogen-bond acceptors (Lipinski definition) is 1. The standard InChI is InChI=1S/C11H14NO.Y/c1-8(2)10-4-6-11(7-5-10)12-9(3)13;/h4,6-8H,1-3H3,(H,12,13);/q-1;. The number of carbonyl (C=O) groups is 1. The number of anilines is 1. The molecule has 3 heteroatoms. The van der Waals surface area contributed by atoms with Gasteiger partial charge in [-0.2, -0.15) is 23.8 Å². The van der Waals surface area contributed by atoms with Crippen LogP contribution in [0, 0.1) is 6.07 Å². The molecular weight excluding hydrogens is 251 g/mol. The van der Waals surface area contributed by atoms with Gasteiger partial charge in [0.1, 0.15) is 0 Å². The molecular formula is C11H14NOY-. The van der Waals surface area contributed by atoms with Gasteiger partial charge in [-0.15, -0.1) is 6.07 Å². The van der Waals surface area contributed by atoms with Gasteiger partial charge in [0.2, 0.25) is 5.91 Å². The first-order valence-corrected chi connectivity index (χ1v) is 4.39. The van der Waals surface area contributed by atoms with Crippen molar-refractivity contribution in [1.29, 1.82) is 0 Å². The average molecular weight is 265 g/mol. The van der Waals surface area contributed by atoms with Crippen LogP contribution in [0.3, 0.4) is 0 Å². The van der Waals surface area contributed by atoms with E-state index >= 15 is 0 Å². The zero-order valence-electron chi connectivity index (χ0n) is 8.79. The Balaban J connectivity index is 0.00000169. The summed E-state index contributed by atoms with van der Waals surface area (Å²) in [5.74, 6) is 0.428. The smallest absolute Gasteiger partial charge is 0.210 e. The van der Waals surface area contributed by atoms with Crippen molar-refractivity contribution in [3.8, 4) is 0 Å². The molecule has 1 aromatic carbocycles. The molecule has 0 heterocycles. The van der Waals surface area contributed by atoms with Crippen LogP contribution in [0.1, 0.15) is 32.3 Å². The van der Waals surface area contributed by atoms with E-state index in [1.165, 1.54) is 6.92 Å². The zero-order chi connectivity index (χ0) is 9.84. The van der Waals surface area contributed by atoms with Crippen LogP contribution in [-0.4, -0.2) is 5.91 Å². The van der Waals surface area contributed by atoms with Crippen LogP contribution in [-0.2, 0) is 37.5 Å². The predicted molar refractivity (Wildman–Crippen MR) is 53.7 cm³/mol. The summed E-state index contributed by atoms with van der Waals surface area (Å²) in [4.78, 5) is 10.7. The Morgan fingerprint density at radius 3 is 2.43 bits per heavy atom. The maximum Gasteiger partial charge on any atom is 0.210 e. The van der Waals surface area contributed by atoms with Gasteiger partial charge in [0.25, 0.3) is 0 Å². The van der Waals surface area contributed by atoms with Crippen molar-refractivity contribution in [2.24, 2.45) is 0 Å². The fourth-order valence-electron chi connectivity index (χ4n) is 1.08. The first kappa shape index (κ1) is 13.8. The summed E-state index contributed by atoms with van der Waals surface area (Å²) in [6, 6.07) is 8.81. The van der Waals surface area contributed by atoms with E-state index in [2.05, 4.69) is 25.2 Å². The molecule has 0 aliphatic heterocycles. The Bertz CT molecular complexity index is 293. The van der Waals surface area contributed by atoms with E-state index in [9.17, 15) is 4.79 Å². The van der Waals surface area contributed by atoms with Crippen LogP contribution in [0.4, 0.5) is 5.69 Å². The second kappa shape index (κ2) is 6.31. The van der Waals surface area contributed by atoms with Crippen molar-refractivity contribution in [3.05, 3.63) is 29.8 Å². The van der Waals surface area contributed by atoms with Crippen molar-refractivity contribution >= 4 is 11.6 Å². The maximum absolute atomic E-state index is 10.7. The van der Waals surface area contributed by atoms with Crippen LogP contribution in [0.25, 0.3) is 0 Å². The van der Waals surface area contributed by atoms with Crippen LogP contribution in [0.5, 0.6) is 0 Å². The fraction of sp³-hybridized carbons (Fsp3) is 0.364. The van der Waals surface area contributed by atoms with Gasteiger partial charge in [0, 0.05) is 39.6 Å².